The number of carbonyl (C=O) groups excluding carboxylic acids is 2. The quantitative estimate of drug-likeness (QED) is 0.690. The van der Waals surface area contributed by atoms with Crippen LogP contribution in [0.15, 0.2) is 30.9 Å². The van der Waals surface area contributed by atoms with Crippen molar-refractivity contribution < 1.29 is 9.59 Å². The second-order valence-electron chi connectivity index (χ2n) is 9.10. The maximum atomic E-state index is 13.3. The van der Waals surface area contributed by atoms with Gasteiger partial charge in [-0.2, -0.15) is 5.10 Å². The Bertz CT molecular complexity index is 882. The lowest BCUT2D eigenvalue weighted by Crippen LogP contribution is -2.68. The number of amides is 2. The summed E-state index contributed by atoms with van der Waals surface area (Å²) < 4.78 is 1.97. The molecule has 3 aliphatic heterocycles. The number of rotatable bonds is 7. The number of imidazole rings is 1. The van der Waals surface area contributed by atoms with E-state index in [-0.39, 0.29) is 29.8 Å². The second-order valence-corrected chi connectivity index (χ2v) is 9.10. The van der Waals surface area contributed by atoms with E-state index in [1.165, 1.54) is 0 Å². The van der Waals surface area contributed by atoms with Gasteiger partial charge < -0.3 is 20.1 Å². The number of piperidine rings is 3. The molecule has 0 spiro atoms. The summed E-state index contributed by atoms with van der Waals surface area (Å²) in [6, 6.07) is 1.76. The molecule has 2 bridgehead atoms. The molecule has 5 rings (SSSR count). The molecule has 9 nitrogen and oxygen atoms in total. The molecule has 3 saturated heterocycles. The molecule has 2 aromatic heterocycles. The molecule has 5 heterocycles. The highest BCUT2D eigenvalue weighted by atomic mass is 16.2. The van der Waals surface area contributed by atoms with Gasteiger partial charge in [0.15, 0.2) is 0 Å². The Morgan fingerprint density at radius 2 is 2.13 bits per heavy atom. The van der Waals surface area contributed by atoms with E-state index < -0.39 is 0 Å². The van der Waals surface area contributed by atoms with Crippen molar-refractivity contribution in [3.05, 3.63) is 36.7 Å². The number of fused-ring (bicyclic) bond motifs is 4. The van der Waals surface area contributed by atoms with E-state index in [9.17, 15) is 9.59 Å². The van der Waals surface area contributed by atoms with Gasteiger partial charge in [-0.1, -0.05) is 0 Å². The second kappa shape index (κ2) is 8.82. The van der Waals surface area contributed by atoms with Crippen molar-refractivity contribution in [1.82, 2.24) is 34.9 Å². The molecule has 0 saturated carbocycles. The fraction of sp³-hybridized carbons (Fsp3) is 0.636. The molecule has 3 fully saturated rings. The maximum Gasteiger partial charge on any atom is 0.243 e. The van der Waals surface area contributed by atoms with Crippen LogP contribution in [0.2, 0.25) is 0 Å². The number of carbonyl (C=O) groups is 2. The number of nitrogens with zero attached hydrogens (tertiary/aromatic N) is 5. The molecule has 0 aromatic carbocycles. The van der Waals surface area contributed by atoms with Gasteiger partial charge in [-0.15, -0.1) is 0 Å². The smallest absolute Gasteiger partial charge is 0.243 e. The maximum absolute atomic E-state index is 13.3. The van der Waals surface area contributed by atoms with Crippen molar-refractivity contribution in [3.63, 3.8) is 0 Å². The molecular weight excluding hydrogens is 394 g/mol. The van der Waals surface area contributed by atoms with Gasteiger partial charge in [0.1, 0.15) is 11.9 Å². The van der Waals surface area contributed by atoms with Gasteiger partial charge in [0.05, 0.1) is 6.54 Å². The number of hydrogen-bond acceptors (Lipinski definition) is 5. The van der Waals surface area contributed by atoms with Crippen LogP contribution in [0.4, 0.5) is 0 Å². The van der Waals surface area contributed by atoms with Gasteiger partial charge in [-0.05, 0) is 44.2 Å². The summed E-state index contributed by atoms with van der Waals surface area (Å²) in [6.45, 7) is 4.14. The zero-order valence-electron chi connectivity index (χ0n) is 17.8. The number of hydrogen-bond donors (Lipinski definition) is 2. The SMILES string of the molecule is O=C(NCc1ncc[nH]1)[C@H]1[C@@H]2C[C@@H](CN(CCCn3cccn3)C2)[C@@H]2CCCC(=O)N21. The number of nitrogens with one attached hydrogen (secondary N) is 2. The highest BCUT2D eigenvalue weighted by Gasteiger charge is 2.51. The van der Waals surface area contributed by atoms with Crippen LogP contribution < -0.4 is 5.32 Å². The van der Waals surface area contributed by atoms with E-state index in [1.54, 1.807) is 12.4 Å². The van der Waals surface area contributed by atoms with Crippen molar-refractivity contribution in [2.24, 2.45) is 11.8 Å². The summed E-state index contributed by atoms with van der Waals surface area (Å²) in [5.74, 6) is 1.47. The highest BCUT2D eigenvalue weighted by Crippen LogP contribution is 2.41. The molecule has 31 heavy (non-hydrogen) atoms. The van der Waals surface area contributed by atoms with Crippen molar-refractivity contribution in [2.45, 2.75) is 57.3 Å². The normalized spacial score (nSPS) is 28.4. The van der Waals surface area contributed by atoms with E-state index in [0.717, 1.165) is 57.7 Å². The largest absolute Gasteiger partial charge is 0.347 e. The van der Waals surface area contributed by atoms with E-state index in [2.05, 4.69) is 25.3 Å². The summed E-state index contributed by atoms with van der Waals surface area (Å²) in [5, 5.41) is 7.32. The van der Waals surface area contributed by atoms with E-state index >= 15 is 0 Å². The zero-order valence-corrected chi connectivity index (χ0v) is 17.8. The first-order chi connectivity index (χ1) is 15.2. The molecular formula is C22H31N7O2. The van der Waals surface area contributed by atoms with Crippen LogP contribution in [-0.4, -0.2) is 73.1 Å². The monoisotopic (exact) mass is 425 g/mol. The Balaban J connectivity index is 1.28. The van der Waals surface area contributed by atoms with Crippen LogP contribution in [0, 0.1) is 11.8 Å². The zero-order chi connectivity index (χ0) is 21.2. The molecule has 9 heteroatoms. The minimum Gasteiger partial charge on any atom is -0.347 e. The summed E-state index contributed by atoms with van der Waals surface area (Å²) in [4.78, 5) is 37.9. The number of H-pyrrole nitrogens is 1. The highest BCUT2D eigenvalue weighted by molar-refractivity contribution is 5.89. The van der Waals surface area contributed by atoms with Gasteiger partial charge in [-0.3, -0.25) is 14.3 Å². The van der Waals surface area contributed by atoms with Gasteiger partial charge >= 0.3 is 0 Å². The average molecular weight is 426 g/mol. The first-order valence-electron chi connectivity index (χ1n) is 11.5. The summed E-state index contributed by atoms with van der Waals surface area (Å²) in [7, 11) is 0. The number of likely N-dealkylation sites (tertiary alicyclic amines) is 1. The Morgan fingerprint density at radius 1 is 1.23 bits per heavy atom. The minimum absolute atomic E-state index is 0.0431. The standard InChI is InChI=1S/C22H31N7O2/c30-20-5-1-4-18-16-12-17(15-27(14-16)9-3-11-28-10-2-6-26-28)21(29(18)20)22(31)25-13-19-23-7-8-24-19/h2,6-8,10,16-18,21H,1,3-5,9,11-15H2,(H,23,24)(H,25,31)/t16-,17+,18-,21+/m0/s1. The Labute approximate surface area is 182 Å². The van der Waals surface area contributed by atoms with Crippen molar-refractivity contribution >= 4 is 11.8 Å². The van der Waals surface area contributed by atoms with E-state index in [0.29, 0.717) is 18.9 Å². The third-order valence-corrected chi connectivity index (χ3v) is 7.09. The van der Waals surface area contributed by atoms with Crippen LogP contribution in [0.3, 0.4) is 0 Å². The van der Waals surface area contributed by atoms with Crippen LogP contribution in [0.1, 0.15) is 37.9 Å². The molecule has 2 aromatic rings. The molecule has 2 amide bonds. The van der Waals surface area contributed by atoms with E-state index in [4.69, 9.17) is 0 Å². The number of aromatic amines is 1. The first-order valence-corrected chi connectivity index (χ1v) is 11.5. The van der Waals surface area contributed by atoms with Crippen LogP contribution >= 0.6 is 0 Å². The van der Waals surface area contributed by atoms with Crippen LogP contribution in [0.25, 0.3) is 0 Å². The van der Waals surface area contributed by atoms with Gasteiger partial charge in [-0.25, -0.2) is 4.98 Å². The predicted octanol–water partition coefficient (Wildman–Crippen LogP) is 1.01. The molecule has 0 unspecified atom stereocenters. The van der Waals surface area contributed by atoms with Crippen LogP contribution in [0.5, 0.6) is 0 Å². The summed E-state index contributed by atoms with van der Waals surface area (Å²) >= 11 is 0. The Hall–Kier alpha value is -2.68. The third kappa shape index (κ3) is 4.23. The third-order valence-electron chi connectivity index (χ3n) is 7.09. The Kier molecular flexibility index (Phi) is 5.76. The van der Waals surface area contributed by atoms with Crippen molar-refractivity contribution in [3.8, 4) is 0 Å². The lowest BCUT2D eigenvalue weighted by molar-refractivity contribution is -0.160. The number of aromatic nitrogens is 4. The van der Waals surface area contributed by atoms with Gasteiger partial charge in [0.25, 0.3) is 0 Å². The number of aryl methyl sites for hydroxylation is 1. The van der Waals surface area contributed by atoms with Gasteiger partial charge in [0.2, 0.25) is 11.8 Å². The molecule has 0 aliphatic carbocycles. The van der Waals surface area contributed by atoms with Crippen molar-refractivity contribution in [2.75, 3.05) is 19.6 Å². The molecule has 3 aliphatic rings. The van der Waals surface area contributed by atoms with Crippen LogP contribution in [-0.2, 0) is 22.7 Å². The van der Waals surface area contributed by atoms with Crippen molar-refractivity contribution in [1.29, 1.82) is 0 Å². The first kappa shape index (κ1) is 20.2. The van der Waals surface area contributed by atoms with Gasteiger partial charge in [0, 0.05) is 62.8 Å². The lowest BCUT2D eigenvalue weighted by Gasteiger charge is -2.56. The molecule has 4 atom stereocenters. The molecule has 0 radical (unpaired) electrons. The van der Waals surface area contributed by atoms with E-state index in [1.807, 2.05) is 28.0 Å². The lowest BCUT2D eigenvalue weighted by atomic mass is 9.71. The predicted molar refractivity (Wildman–Crippen MR) is 114 cm³/mol. The summed E-state index contributed by atoms with van der Waals surface area (Å²) in [5.41, 5.74) is 0. The Morgan fingerprint density at radius 3 is 2.94 bits per heavy atom. The fourth-order valence-electron chi connectivity index (χ4n) is 5.83. The molecule has 166 valence electrons. The fourth-order valence-corrected chi connectivity index (χ4v) is 5.83. The minimum atomic E-state index is -0.377. The topological polar surface area (TPSA) is 99.1 Å². The average Bonchev–Trinajstić information content (AvgIpc) is 3.47. The summed E-state index contributed by atoms with van der Waals surface area (Å²) in [6.07, 6.45) is 11.8. The molecule has 2 N–H and O–H groups in total.